The normalized spacial score (nSPS) is 17.5. The van der Waals surface area contributed by atoms with E-state index < -0.39 is 0 Å². The second-order valence-corrected chi connectivity index (χ2v) is 7.88. The van der Waals surface area contributed by atoms with Crippen molar-refractivity contribution in [1.82, 2.24) is 9.80 Å². The van der Waals surface area contributed by atoms with Crippen molar-refractivity contribution < 1.29 is 14.4 Å². The van der Waals surface area contributed by atoms with E-state index in [1.807, 2.05) is 36.9 Å². The first kappa shape index (κ1) is 19.4. The molecule has 146 valence electrons. The number of rotatable bonds is 5. The summed E-state index contributed by atoms with van der Waals surface area (Å²) in [5, 5.41) is 2.92. The molecular formula is C21H29N3O3. The minimum absolute atomic E-state index is 0.00910. The summed E-state index contributed by atoms with van der Waals surface area (Å²) >= 11 is 0. The van der Waals surface area contributed by atoms with E-state index in [0.29, 0.717) is 25.9 Å². The van der Waals surface area contributed by atoms with Crippen molar-refractivity contribution in [3.8, 4) is 0 Å². The van der Waals surface area contributed by atoms with Gasteiger partial charge in [-0.3, -0.25) is 14.4 Å². The van der Waals surface area contributed by atoms with Crippen molar-refractivity contribution in [3.05, 3.63) is 29.3 Å². The molecule has 1 heterocycles. The molecule has 2 aliphatic rings. The number of nitrogens with one attached hydrogen (secondary N) is 1. The highest BCUT2D eigenvalue weighted by Gasteiger charge is 2.36. The summed E-state index contributed by atoms with van der Waals surface area (Å²) in [7, 11) is 1.67. The zero-order valence-electron chi connectivity index (χ0n) is 16.5. The van der Waals surface area contributed by atoms with Gasteiger partial charge in [-0.05, 0) is 50.7 Å². The highest BCUT2D eigenvalue weighted by atomic mass is 16.2. The van der Waals surface area contributed by atoms with Gasteiger partial charge in [0, 0.05) is 37.7 Å². The standard InChI is InChI=1S/C21H29N3O3/c1-14-5-4-6-15(2)19(14)22-18(25)13-23(3)20(26)17-9-11-24(12-10-17)21(27)16-7-8-16/h4-6,16-17H,7-13H2,1-3H3,(H,22,25). The van der Waals surface area contributed by atoms with Gasteiger partial charge in [-0.15, -0.1) is 0 Å². The molecule has 1 aliphatic heterocycles. The molecule has 2 fully saturated rings. The molecule has 0 radical (unpaired) electrons. The third kappa shape index (κ3) is 4.67. The predicted octanol–water partition coefficient (Wildman–Crippen LogP) is 2.35. The summed E-state index contributed by atoms with van der Waals surface area (Å²) in [6.45, 7) is 5.23. The molecule has 6 nitrogen and oxygen atoms in total. The van der Waals surface area contributed by atoms with Gasteiger partial charge in [0.25, 0.3) is 0 Å². The van der Waals surface area contributed by atoms with Crippen molar-refractivity contribution in [2.75, 3.05) is 32.0 Å². The van der Waals surface area contributed by atoms with Crippen LogP contribution in [0.1, 0.15) is 36.8 Å². The number of amides is 3. The molecule has 0 bridgehead atoms. The quantitative estimate of drug-likeness (QED) is 0.864. The largest absolute Gasteiger partial charge is 0.342 e. The third-order valence-electron chi connectivity index (χ3n) is 5.59. The molecule has 1 saturated carbocycles. The topological polar surface area (TPSA) is 69.7 Å². The maximum atomic E-state index is 12.7. The first-order chi connectivity index (χ1) is 12.9. The molecule has 1 N–H and O–H groups in total. The Labute approximate surface area is 160 Å². The second kappa shape index (κ2) is 8.11. The van der Waals surface area contributed by atoms with Crippen molar-refractivity contribution in [3.63, 3.8) is 0 Å². The van der Waals surface area contributed by atoms with Crippen LogP contribution in [0, 0.1) is 25.7 Å². The molecule has 1 saturated heterocycles. The highest BCUT2D eigenvalue weighted by molar-refractivity contribution is 5.96. The van der Waals surface area contributed by atoms with E-state index in [1.165, 1.54) is 4.90 Å². The zero-order chi connectivity index (χ0) is 19.6. The maximum Gasteiger partial charge on any atom is 0.243 e. The lowest BCUT2D eigenvalue weighted by Crippen LogP contribution is -2.45. The van der Waals surface area contributed by atoms with Crippen molar-refractivity contribution in [1.29, 1.82) is 0 Å². The van der Waals surface area contributed by atoms with Crippen LogP contribution in [0.15, 0.2) is 18.2 Å². The Morgan fingerprint density at radius 3 is 2.19 bits per heavy atom. The molecule has 1 aromatic rings. The zero-order valence-corrected chi connectivity index (χ0v) is 16.5. The molecule has 6 heteroatoms. The molecule has 0 unspecified atom stereocenters. The molecule has 0 aromatic heterocycles. The monoisotopic (exact) mass is 371 g/mol. The lowest BCUT2D eigenvalue weighted by atomic mass is 9.95. The van der Waals surface area contributed by atoms with Gasteiger partial charge in [0.15, 0.2) is 0 Å². The fraction of sp³-hybridized carbons (Fsp3) is 0.571. The minimum atomic E-state index is -0.190. The molecule has 1 aliphatic carbocycles. The molecule has 3 rings (SSSR count). The van der Waals surface area contributed by atoms with Gasteiger partial charge >= 0.3 is 0 Å². The number of piperidine rings is 1. The summed E-state index contributed by atoms with van der Waals surface area (Å²) in [6, 6.07) is 5.86. The average molecular weight is 371 g/mol. The van der Waals surface area contributed by atoms with Gasteiger partial charge in [0.2, 0.25) is 17.7 Å². The number of carbonyl (C=O) groups excluding carboxylic acids is 3. The number of anilines is 1. The summed E-state index contributed by atoms with van der Waals surface area (Å²) in [4.78, 5) is 40.6. The van der Waals surface area contributed by atoms with Gasteiger partial charge in [-0.25, -0.2) is 0 Å². The average Bonchev–Trinajstić information content (AvgIpc) is 3.49. The summed E-state index contributed by atoms with van der Waals surface area (Å²) < 4.78 is 0. The lowest BCUT2D eigenvalue weighted by Gasteiger charge is -2.33. The van der Waals surface area contributed by atoms with E-state index in [4.69, 9.17) is 0 Å². The van der Waals surface area contributed by atoms with Crippen molar-refractivity contribution >= 4 is 23.4 Å². The fourth-order valence-corrected chi connectivity index (χ4v) is 3.73. The predicted molar refractivity (Wildman–Crippen MR) is 104 cm³/mol. The molecule has 1 aromatic carbocycles. The Balaban J connectivity index is 1.49. The molecule has 27 heavy (non-hydrogen) atoms. The van der Waals surface area contributed by atoms with Gasteiger partial charge < -0.3 is 15.1 Å². The molecule has 0 spiro atoms. The lowest BCUT2D eigenvalue weighted by molar-refractivity contribution is -0.141. The number of carbonyl (C=O) groups is 3. The Bertz CT molecular complexity index is 714. The molecule has 3 amide bonds. The summed E-state index contributed by atoms with van der Waals surface area (Å²) in [5.74, 6) is 0.178. The van der Waals surface area contributed by atoms with E-state index in [1.54, 1.807) is 7.05 Å². The Hall–Kier alpha value is -2.37. The van der Waals surface area contributed by atoms with E-state index in [9.17, 15) is 14.4 Å². The number of likely N-dealkylation sites (N-methyl/N-ethyl adjacent to an activating group) is 1. The minimum Gasteiger partial charge on any atom is -0.342 e. The number of benzene rings is 1. The molecular weight excluding hydrogens is 342 g/mol. The summed E-state index contributed by atoms with van der Waals surface area (Å²) in [5.41, 5.74) is 2.82. The van der Waals surface area contributed by atoms with Crippen LogP contribution in [0.5, 0.6) is 0 Å². The first-order valence-electron chi connectivity index (χ1n) is 9.76. The first-order valence-corrected chi connectivity index (χ1v) is 9.76. The SMILES string of the molecule is Cc1cccc(C)c1NC(=O)CN(C)C(=O)C1CCN(C(=O)C2CC2)CC1. The smallest absolute Gasteiger partial charge is 0.243 e. The number of aryl methyl sites for hydroxylation is 2. The van der Waals surface area contributed by atoms with Gasteiger partial charge in [0.1, 0.15) is 0 Å². The van der Waals surface area contributed by atoms with E-state index in [0.717, 1.165) is 29.7 Å². The number of hydrogen-bond acceptors (Lipinski definition) is 3. The third-order valence-corrected chi connectivity index (χ3v) is 5.59. The van der Waals surface area contributed by atoms with E-state index in [-0.39, 0.29) is 36.1 Å². The van der Waals surface area contributed by atoms with E-state index >= 15 is 0 Å². The number of hydrogen-bond donors (Lipinski definition) is 1. The van der Waals surface area contributed by atoms with Crippen molar-refractivity contribution in [2.24, 2.45) is 11.8 Å². The van der Waals surface area contributed by atoms with Gasteiger partial charge in [-0.2, -0.15) is 0 Å². The van der Waals surface area contributed by atoms with Crippen LogP contribution in [-0.2, 0) is 14.4 Å². The van der Waals surface area contributed by atoms with E-state index in [2.05, 4.69) is 5.32 Å². The number of para-hydroxylation sites is 1. The Morgan fingerprint density at radius 1 is 1.04 bits per heavy atom. The Kier molecular flexibility index (Phi) is 5.82. The van der Waals surface area contributed by atoms with Crippen LogP contribution in [0.25, 0.3) is 0 Å². The molecule has 0 atom stereocenters. The number of likely N-dealkylation sites (tertiary alicyclic amines) is 1. The maximum absolute atomic E-state index is 12.7. The summed E-state index contributed by atoms with van der Waals surface area (Å²) in [6.07, 6.45) is 3.38. The number of nitrogens with zero attached hydrogens (tertiary/aromatic N) is 2. The van der Waals surface area contributed by atoms with Crippen LogP contribution >= 0.6 is 0 Å². The highest BCUT2D eigenvalue weighted by Crippen LogP contribution is 2.32. The van der Waals surface area contributed by atoms with Crippen LogP contribution in [0.4, 0.5) is 5.69 Å². The Morgan fingerprint density at radius 2 is 1.63 bits per heavy atom. The van der Waals surface area contributed by atoms with Crippen molar-refractivity contribution in [2.45, 2.75) is 39.5 Å². The second-order valence-electron chi connectivity index (χ2n) is 7.88. The van der Waals surface area contributed by atoms with Crippen LogP contribution in [0.3, 0.4) is 0 Å². The van der Waals surface area contributed by atoms with Crippen LogP contribution < -0.4 is 5.32 Å². The fourth-order valence-electron chi connectivity index (χ4n) is 3.73. The van der Waals surface area contributed by atoms with Gasteiger partial charge in [0.05, 0.1) is 6.54 Å². The van der Waals surface area contributed by atoms with Crippen LogP contribution in [0.2, 0.25) is 0 Å². The van der Waals surface area contributed by atoms with Gasteiger partial charge in [-0.1, -0.05) is 18.2 Å². The van der Waals surface area contributed by atoms with Crippen LogP contribution in [-0.4, -0.2) is 54.2 Å².